The highest BCUT2D eigenvalue weighted by atomic mass is 32.2. The molecule has 0 radical (unpaired) electrons. The number of oxazole rings is 1. The first-order valence-corrected chi connectivity index (χ1v) is 7.02. The van der Waals surface area contributed by atoms with E-state index in [1.54, 1.807) is 23.9 Å². The van der Waals surface area contributed by atoms with E-state index in [0.717, 1.165) is 4.90 Å². The fourth-order valence-corrected chi connectivity index (χ4v) is 2.65. The van der Waals surface area contributed by atoms with E-state index in [4.69, 9.17) is 9.52 Å². The molecule has 0 atom stereocenters. The zero-order valence-corrected chi connectivity index (χ0v) is 11.3. The number of carbonyl (C=O) groups is 1. The van der Waals surface area contributed by atoms with Crippen LogP contribution < -0.4 is 0 Å². The summed E-state index contributed by atoms with van der Waals surface area (Å²) < 4.78 is 5.57. The molecule has 0 amide bonds. The number of para-hydroxylation sites is 1. The van der Waals surface area contributed by atoms with Gasteiger partial charge in [-0.15, -0.1) is 11.8 Å². The zero-order chi connectivity index (χ0) is 13.9. The maximum absolute atomic E-state index is 11.1. The van der Waals surface area contributed by atoms with Crippen LogP contribution in [0.3, 0.4) is 0 Å². The van der Waals surface area contributed by atoms with E-state index in [1.165, 1.54) is 6.07 Å². The van der Waals surface area contributed by atoms with E-state index in [1.807, 2.05) is 30.3 Å². The van der Waals surface area contributed by atoms with Crippen molar-refractivity contribution >= 4 is 28.8 Å². The van der Waals surface area contributed by atoms with E-state index in [-0.39, 0.29) is 5.56 Å². The van der Waals surface area contributed by atoms with Crippen molar-refractivity contribution in [2.24, 2.45) is 0 Å². The molecular formula is C15H11NO3S. The van der Waals surface area contributed by atoms with E-state index >= 15 is 0 Å². The third-order valence-electron chi connectivity index (χ3n) is 2.80. The first-order valence-electron chi connectivity index (χ1n) is 6.03. The van der Waals surface area contributed by atoms with Gasteiger partial charge in [0.05, 0.1) is 5.75 Å². The van der Waals surface area contributed by atoms with Crippen LogP contribution in [0.5, 0.6) is 0 Å². The number of carboxylic acids is 1. The summed E-state index contributed by atoms with van der Waals surface area (Å²) in [6.45, 7) is 0. The normalized spacial score (nSPS) is 10.8. The Morgan fingerprint density at radius 1 is 1.15 bits per heavy atom. The molecule has 1 N–H and O–H groups in total. The number of thioether (sulfide) groups is 1. The van der Waals surface area contributed by atoms with Crippen molar-refractivity contribution in [1.29, 1.82) is 0 Å². The summed E-state index contributed by atoms with van der Waals surface area (Å²) >= 11 is 1.60. The average molecular weight is 285 g/mol. The third kappa shape index (κ3) is 2.53. The monoisotopic (exact) mass is 285 g/mol. The fourth-order valence-electron chi connectivity index (χ4n) is 1.89. The number of benzene rings is 2. The molecule has 0 fully saturated rings. The standard InChI is InChI=1S/C15H11NO3S/c17-15(18)11-7-4-8-12-14(11)19-13(16-12)9-20-10-5-2-1-3-6-10/h1-8H,9H2,(H,17,18). The van der Waals surface area contributed by atoms with E-state index in [0.29, 0.717) is 22.7 Å². The van der Waals surface area contributed by atoms with E-state index < -0.39 is 5.97 Å². The lowest BCUT2D eigenvalue weighted by Crippen LogP contribution is -1.95. The molecule has 2 aromatic carbocycles. The van der Waals surface area contributed by atoms with Crippen molar-refractivity contribution in [2.75, 3.05) is 0 Å². The number of aromatic nitrogens is 1. The maximum Gasteiger partial charge on any atom is 0.339 e. The smallest absolute Gasteiger partial charge is 0.339 e. The molecule has 0 aliphatic rings. The largest absolute Gasteiger partial charge is 0.478 e. The molecule has 0 aliphatic heterocycles. The van der Waals surface area contributed by atoms with Gasteiger partial charge < -0.3 is 9.52 Å². The summed E-state index contributed by atoms with van der Waals surface area (Å²) in [5, 5.41) is 9.11. The molecule has 1 aromatic heterocycles. The molecule has 0 aliphatic carbocycles. The van der Waals surface area contributed by atoms with Gasteiger partial charge in [-0.3, -0.25) is 0 Å². The lowest BCUT2D eigenvalue weighted by atomic mass is 10.2. The quantitative estimate of drug-likeness (QED) is 0.738. The molecule has 3 aromatic rings. The summed E-state index contributed by atoms with van der Waals surface area (Å²) in [5.41, 5.74) is 1.06. The molecule has 4 nitrogen and oxygen atoms in total. The van der Waals surface area contributed by atoms with Crippen LogP contribution in [-0.2, 0) is 5.75 Å². The second kappa shape index (κ2) is 5.38. The lowest BCUT2D eigenvalue weighted by molar-refractivity contribution is 0.0698. The molecule has 20 heavy (non-hydrogen) atoms. The van der Waals surface area contributed by atoms with Crippen LogP contribution in [0.2, 0.25) is 0 Å². The van der Waals surface area contributed by atoms with Crippen molar-refractivity contribution in [3.05, 3.63) is 60.0 Å². The number of hydrogen-bond donors (Lipinski definition) is 1. The molecular weight excluding hydrogens is 274 g/mol. The van der Waals surface area contributed by atoms with Crippen LogP contribution >= 0.6 is 11.8 Å². The number of hydrogen-bond acceptors (Lipinski definition) is 4. The molecule has 0 spiro atoms. The molecule has 1 heterocycles. The van der Waals surface area contributed by atoms with Crippen LogP contribution in [-0.4, -0.2) is 16.1 Å². The Morgan fingerprint density at radius 3 is 2.70 bits per heavy atom. The van der Waals surface area contributed by atoms with Crippen molar-refractivity contribution in [2.45, 2.75) is 10.6 Å². The first-order chi connectivity index (χ1) is 9.74. The topological polar surface area (TPSA) is 63.3 Å². The minimum atomic E-state index is -1.01. The lowest BCUT2D eigenvalue weighted by Gasteiger charge is -1.97. The Kier molecular flexibility index (Phi) is 3.43. The summed E-state index contributed by atoms with van der Waals surface area (Å²) in [7, 11) is 0. The van der Waals surface area contributed by atoms with Gasteiger partial charge >= 0.3 is 5.97 Å². The van der Waals surface area contributed by atoms with Gasteiger partial charge in [-0.1, -0.05) is 24.3 Å². The Balaban J connectivity index is 1.86. The minimum Gasteiger partial charge on any atom is -0.478 e. The summed E-state index contributed by atoms with van der Waals surface area (Å²) in [6, 6.07) is 14.9. The Labute approximate surface area is 119 Å². The van der Waals surface area contributed by atoms with Gasteiger partial charge in [0.15, 0.2) is 5.58 Å². The van der Waals surface area contributed by atoms with Crippen LogP contribution in [0.15, 0.2) is 57.8 Å². The van der Waals surface area contributed by atoms with Crippen molar-refractivity contribution in [1.82, 2.24) is 4.98 Å². The maximum atomic E-state index is 11.1. The fraction of sp³-hybridized carbons (Fsp3) is 0.0667. The average Bonchev–Trinajstić information content (AvgIpc) is 2.88. The van der Waals surface area contributed by atoms with Gasteiger partial charge in [-0.05, 0) is 24.3 Å². The van der Waals surface area contributed by atoms with Gasteiger partial charge in [-0.2, -0.15) is 0 Å². The second-order valence-electron chi connectivity index (χ2n) is 4.17. The van der Waals surface area contributed by atoms with Gasteiger partial charge in [0, 0.05) is 4.90 Å². The third-order valence-corrected chi connectivity index (χ3v) is 3.79. The number of nitrogens with zero attached hydrogens (tertiary/aromatic N) is 1. The molecule has 0 saturated carbocycles. The predicted molar refractivity (Wildman–Crippen MR) is 77.0 cm³/mol. The van der Waals surface area contributed by atoms with Crippen LogP contribution in [0.4, 0.5) is 0 Å². The van der Waals surface area contributed by atoms with Gasteiger partial charge in [0.25, 0.3) is 0 Å². The molecule has 0 saturated heterocycles. The zero-order valence-electron chi connectivity index (χ0n) is 10.4. The van der Waals surface area contributed by atoms with Gasteiger partial charge in [0.1, 0.15) is 11.1 Å². The van der Waals surface area contributed by atoms with Gasteiger partial charge in [-0.25, -0.2) is 9.78 Å². The van der Waals surface area contributed by atoms with Crippen molar-refractivity contribution in [3.63, 3.8) is 0 Å². The molecule has 3 rings (SSSR count). The predicted octanol–water partition coefficient (Wildman–Crippen LogP) is 3.82. The van der Waals surface area contributed by atoms with Gasteiger partial charge in [0.2, 0.25) is 5.89 Å². The SMILES string of the molecule is O=C(O)c1cccc2nc(CSc3ccccc3)oc12. The van der Waals surface area contributed by atoms with Crippen LogP contribution in [0, 0.1) is 0 Å². The highest BCUT2D eigenvalue weighted by Crippen LogP contribution is 2.26. The minimum absolute atomic E-state index is 0.144. The van der Waals surface area contributed by atoms with E-state index in [9.17, 15) is 4.79 Å². The molecule has 0 bridgehead atoms. The summed E-state index contributed by atoms with van der Waals surface area (Å²) in [4.78, 5) is 16.5. The summed E-state index contributed by atoms with van der Waals surface area (Å²) in [6.07, 6.45) is 0. The Morgan fingerprint density at radius 2 is 1.95 bits per heavy atom. The Bertz CT molecular complexity index is 752. The second-order valence-corrected chi connectivity index (χ2v) is 5.22. The summed E-state index contributed by atoms with van der Waals surface area (Å²) in [5.74, 6) is 0.0918. The molecule has 100 valence electrons. The Hall–Kier alpha value is -2.27. The molecule has 0 unspecified atom stereocenters. The number of aromatic carboxylic acids is 1. The highest BCUT2D eigenvalue weighted by Gasteiger charge is 2.14. The number of carboxylic acid groups (broad SMARTS) is 1. The van der Waals surface area contributed by atoms with E-state index in [2.05, 4.69) is 4.98 Å². The van der Waals surface area contributed by atoms with Crippen molar-refractivity contribution in [3.8, 4) is 0 Å². The number of fused-ring (bicyclic) bond motifs is 1. The van der Waals surface area contributed by atoms with Crippen LogP contribution in [0.1, 0.15) is 16.2 Å². The molecule has 5 heteroatoms. The van der Waals surface area contributed by atoms with Crippen molar-refractivity contribution < 1.29 is 14.3 Å². The van der Waals surface area contributed by atoms with Crippen LogP contribution in [0.25, 0.3) is 11.1 Å². The number of rotatable bonds is 4. The highest BCUT2D eigenvalue weighted by molar-refractivity contribution is 7.98. The first kappa shape index (κ1) is 12.7.